The molecular weight excluding hydrogens is 280 g/mol. The second-order valence-corrected chi connectivity index (χ2v) is 6.76. The van der Waals surface area contributed by atoms with E-state index >= 15 is 0 Å². The lowest BCUT2D eigenvalue weighted by atomic mass is 9.75. The number of benzene rings is 1. The quantitative estimate of drug-likeness (QED) is 0.882. The number of nitrogens with one attached hydrogen (secondary N) is 1. The molecular formula is C17H22N2OS. The molecule has 1 heterocycles. The van der Waals surface area contributed by atoms with Crippen LogP contribution in [0, 0.1) is 0 Å². The van der Waals surface area contributed by atoms with Gasteiger partial charge in [-0.2, -0.15) is 0 Å². The minimum Gasteiger partial charge on any atom is -0.496 e. The van der Waals surface area contributed by atoms with Gasteiger partial charge in [-0.05, 0) is 36.8 Å². The van der Waals surface area contributed by atoms with E-state index in [1.165, 1.54) is 28.3 Å². The Labute approximate surface area is 130 Å². The number of aryl methyl sites for hydroxylation is 1. The van der Waals surface area contributed by atoms with Gasteiger partial charge in [0, 0.05) is 23.7 Å². The number of para-hydroxylation sites is 1. The number of methoxy groups -OCH3 is 1. The van der Waals surface area contributed by atoms with E-state index in [1.54, 1.807) is 7.11 Å². The number of hydrogen-bond acceptors (Lipinski definition) is 4. The van der Waals surface area contributed by atoms with Gasteiger partial charge >= 0.3 is 0 Å². The lowest BCUT2D eigenvalue weighted by Gasteiger charge is -2.36. The van der Waals surface area contributed by atoms with Crippen molar-refractivity contribution in [1.82, 2.24) is 10.3 Å². The molecule has 1 fully saturated rings. The number of thiazole rings is 1. The molecule has 1 aliphatic rings. The smallest absolute Gasteiger partial charge is 0.122 e. The van der Waals surface area contributed by atoms with Crippen molar-refractivity contribution in [3.8, 4) is 5.75 Å². The first-order valence-corrected chi connectivity index (χ1v) is 8.41. The zero-order chi connectivity index (χ0) is 14.7. The Hall–Kier alpha value is -1.39. The summed E-state index contributed by atoms with van der Waals surface area (Å²) in [4.78, 5) is 5.83. The highest BCUT2D eigenvalue weighted by Gasteiger charge is 2.31. The van der Waals surface area contributed by atoms with Crippen molar-refractivity contribution >= 4 is 11.3 Å². The second kappa shape index (κ2) is 6.58. The standard InChI is InChI=1S/C17H22N2OS/c1-3-14-10-19-17(21-14)11-18-13-8-12(9-13)15-6-4-5-7-16(15)20-2/h4-7,10,12-13,18H,3,8-9,11H2,1-2H3. The largest absolute Gasteiger partial charge is 0.496 e. The van der Waals surface area contributed by atoms with Crippen LogP contribution in [0.5, 0.6) is 5.75 Å². The first kappa shape index (κ1) is 14.5. The first-order chi connectivity index (χ1) is 10.3. The van der Waals surface area contributed by atoms with Gasteiger partial charge in [-0.25, -0.2) is 4.98 Å². The predicted molar refractivity (Wildman–Crippen MR) is 87.1 cm³/mol. The van der Waals surface area contributed by atoms with E-state index in [9.17, 15) is 0 Å². The molecule has 2 aromatic rings. The van der Waals surface area contributed by atoms with Gasteiger partial charge in [0.25, 0.3) is 0 Å². The third-order valence-corrected chi connectivity index (χ3v) is 5.35. The fourth-order valence-electron chi connectivity index (χ4n) is 2.87. The van der Waals surface area contributed by atoms with Crippen molar-refractivity contribution < 1.29 is 4.74 Å². The zero-order valence-corrected chi connectivity index (χ0v) is 13.5. The Morgan fingerprint density at radius 2 is 2.14 bits per heavy atom. The van der Waals surface area contributed by atoms with Gasteiger partial charge in [0.15, 0.2) is 0 Å². The highest BCUT2D eigenvalue weighted by molar-refractivity contribution is 7.11. The van der Waals surface area contributed by atoms with Gasteiger partial charge in [0.05, 0.1) is 7.11 Å². The fourth-order valence-corrected chi connectivity index (χ4v) is 3.68. The van der Waals surface area contributed by atoms with Crippen LogP contribution < -0.4 is 10.1 Å². The summed E-state index contributed by atoms with van der Waals surface area (Å²) >= 11 is 1.82. The zero-order valence-electron chi connectivity index (χ0n) is 12.6. The van der Waals surface area contributed by atoms with Crippen molar-refractivity contribution in [2.24, 2.45) is 0 Å². The summed E-state index contributed by atoms with van der Waals surface area (Å²) in [6.07, 6.45) is 5.45. The Morgan fingerprint density at radius 1 is 1.33 bits per heavy atom. The summed E-state index contributed by atoms with van der Waals surface area (Å²) in [6, 6.07) is 8.98. The van der Waals surface area contributed by atoms with E-state index in [0.717, 1.165) is 18.7 Å². The molecule has 4 heteroatoms. The molecule has 1 saturated carbocycles. The fraction of sp³-hybridized carbons (Fsp3) is 0.471. The molecule has 0 aliphatic heterocycles. The number of ether oxygens (including phenoxy) is 1. The van der Waals surface area contributed by atoms with Gasteiger partial charge in [-0.3, -0.25) is 0 Å². The number of aromatic nitrogens is 1. The van der Waals surface area contributed by atoms with E-state index in [0.29, 0.717) is 12.0 Å². The molecule has 0 radical (unpaired) electrons. The molecule has 0 atom stereocenters. The molecule has 3 rings (SSSR count). The molecule has 0 unspecified atom stereocenters. The summed E-state index contributed by atoms with van der Waals surface area (Å²) in [5, 5.41) is 4.82. The second-order valence-electron chi connectivity index (χ2n) is 5.56. The summed E-state index contributed by atoms with van der Waals surface area (Å²) in [5.74, 6) is 1.65. The van der Waals surface area contributed by atoms with Crippen LogP contribution in [0.4, 0.5) is 0 Å². The van der Waals surface area contributed by atoms with Crippen LogP contribution in [0.3, 0.4) is 0 Å². The molecule has 1 aromatic heterocycles. The van der Waals surface area contributed by atoms with Crippen LogP contribution in [-0.2, 0) is 13.0 Å². The monoisotopic (exact) mass is 302 g/mol. The molecule has 0 bridgehead atoms. The molecule has 1 aliphatic carbocycles. The van der Waals surface area contributed by atoms with E-state index in [-0.39, 0.29) is 0 Å². The van der Waals surface area contributed by atoms with Crippen molar-refractivity contribution in [2.45, 2.75) is 44.7 Å². The highest BCUT2D eigenvalue weighted by Crippen LogP contribution is 2.41. The molecule has 3 nitrogen and oxygen atoms in total. The summed E-state index contributed by atoms with van der Waals surface area (Å²) in [6.45, 7) is 3.07. The Bertz CT molecular complexity index is 590. The third kappa shape index (κ3) is 3.27. The first-order valence-electron chi connectivity index (χ1n) is 7.60. The summed E-state index contributed by atoms with van der Waals surface area (Å²) in [5.41, 5.74) is 1.35. The minimum atomic E-state index is 0.605. The molecule has 0 amide bonds. The van der Waals surface area contributed by atoms with Crippen molar-refractivity contribution in [3.63, 3.8) is 0 Å². The Kier molecular flexibility index (Phi) is 4.56. The molecule has 1 aromatic carbocycles. The molecule has 21 heavy (non-hydrogen) atoms. The maximum atomic E-state index is 5.45. The normalized spacial score (nSPS) is 21.0. The van der Waals surface area contributed by atoms with Crippen LogP contribution >= 0.6 is 11.3 Å². The molecule has 1 N–H and O–H groups in total. The highest BCUT2D eigenvalue weighted by atomic mass is 32.1. The maximum absolute atomic E-state index is 5.45. The van der Waals surface area contributed by atoms with Gasteiger partial charge in [0.2, 0.25) is 0 Å². The molecule has 0 saturated heterocycles. The number of hydrogen-bond donors (Lipinski definition) is 1. The maximum Gasteiger partial charge on any atom is 0.122 e. The lowest BCUT2D eigenvalue weighted by molar-refractivity contribution is 0.282. The average molecular weight is 302 g/mol. The van der Waals surface area contributed by atoms with E-state index in [2.05, 4.69) is 35.4 Å². The van der Waals surface area contributed by atoms with Crippen LogP contribution in [0.25, 0.3) is 0 Å². The van der Waals surface area contributed by atoms with Gasteiger partial charge < -0.3 is 10.1 Å². The minimum absolute atomic E-state index is 0.605. The average Bonchev–Trinajstić information content (AvgIpc) is 2.94. The van der Waals surface area contributed by atoms with Crippen molar-refractivity contribution in [1.29, 1.82) is 0 Å². The topological polar surface area (TPSA) is 34.2 Å². The third-order valence-electron chi connectivity index (χ3n) is 4.21. The van der Waals surface area contributed by atoms with Crippen LogP contribution in [0.1, 0.15) is 41.1 Å². The van der Waals surface area contributed by atoms with Crippen molar-refractivity contribution in [2.75, 3.05) is 7.11 Å². The lowest BCUT2D eigenvalue weighted by Crippen LogP contribution is -2.39. The molecule has 112 valence electrons. The molecule has 0 spiro atoms. The van der Waals surface area contributed by atoms with Crippen LogP contribution in [0.15, 0.2) is 30.5 Å². The Morgan fingerprint density at radius 3 is 2.86 bits per heavy atom. The number of nitrogens with zero attached hydrogens (tertiary/aromatic N) is 1. The van der Waals surface area contributed by atoms with Crippen LogP contribution in [-0.4, -0.2) is 18.1 Å². The summed E-state index contributed by atoms with van der Waals surface area (Å²) in [7, 11) is 1.75. The van der Waals surface area contributed by atoms with E-state index in [4.69, 9.17) is 4.74 Å². The summed E-state index contributed by atoms with van der Waals surface area (Å²) < 4.78 is 5.45. The predicted octanol–water partition coefficient (Wildman–Crippen LogP) is 3.75. The number of rotatable bonds is 6. The van der Waals surface area contributed by atoms with Gasteiger partial charge in [-0.15, -0.1) is 11.3 Å². The van der Waals surface area contributed by atoms with Gasteiger partial charge in [-0.1, -0.05) is 25.1 Å². The SMILES string of the molecule is CCc1cnc(CNC2CC(c3ccccc3OC)C2)s1. The van der Waals surface area contributed by atoms with Crippen molar-refractivity contribution in [3.05, 3.63) is 45.9 Å². The van der Waals surface area contributed by atoms with Gasteiger partial charge in [0.1, 0.15) is 10.8 Å². The van der Waals surface area contributed by atoms with E-state index < -0.39 is 0 Å². The van der Waals surface area contributed by atoms with E-state index in [1.807, 2.05) is 23.6 Å². The van der Waals surface area contributed by atoms with Crippen LogP contribution in [0.2, 0.25) is 0 Å². The Balaban J connectivity index is 1.49.